The van der Waals surface area contributed by atoms with Crippen LogP contribution in [0.1, 0.15) is 35.7 Å². The summed E-state index contributed by atoms with van der Waals surface area (Å²) >= 11 is 9.37. The van der Waals surface area contributed by atoms with Crippen LogP contribution in [0.25, 0.3) is 23.1 Å². The maximum absolute atomic E-state index is 11.9. The van der Waals surface area contributed by atoms with Crippen LogP contribution in [0, 0.1) is 0 Å². The number of carbonyl (C=O) groups is 2. The van der Waals surface area contributed by atoms with E-state index in [2.05, 4.69) is 11.1 Å². The van der Waals surface area contributed by atoms with Gasteiger partial charge in [0.2, 0.25) is 5.91 Å². The molecule has 0 aliphatic rings. The molecule has 9 heteroatoms. The third kappa shape index (κ3) is 9.83. The van der Waals surface area contributed by atoms with Crippen molar-refractivity contribution in [3.05, 3.63) is 76.4 Å². The minimum Gasteiger partial charge on any atom is -1.00 e. The molecule has 1 atom stereocenters. The molecule has 0 aliphatic heterocycles. The Hall–Kier alpha value is -1.48. The van der Waals surface area contributed by atoms with E-state index in [4.69, 9.17) is 16.7 Å². The predicted octanol–water partition coefficient (Wildman–Crippen LogP) is 3.59. The molecule has 0 aliphatic carbocycles. The second-order valence-corrected chi connectivity index (χ2v) is 11.0. The Kier molecular flexibility index (Phi) is 12.7. The molecular weight excluding hydrogens is 511 g/mol. The van der Waals surface area contributed by atoms with Crippen molar-refractivity contribution in [1.82, 2.24) is 9.88 Å². The number of benzene rings is 2. The molecule has 180 valence electrons. The van der Waals surface area contributed by atoms with Crippen molar-refractivity contribution in [2.24, 2.45) is 0 Å². The summed E-state index contributed by atoms with van der Waals surface area (Å²) in [7, 11) is 3.50. The number of pyridine rings is 1. The van der Waals surface area contributed by atoms with Gasteiger partial charge in [0, 0.05) is 42.4 Å². The average Bonchev–Trinajstić information content (AvgIpc) is 2.81. The van der Waals surface area contributed by atoms with Crippen LogP contribution < -0.4 is 29.6 Å². The second-order valence-electron chi connectivity index (χ2n) is 7.83. The van der Waals surface area contributed by atoms with Gasteiger partial charge in [0.05, 0.1) is 22.2 Å². The number of rotatable bonds is 11. The van der Waals surface area contributed by atoms with Crippen LogP contribution in [0.4, 0.5) is 0 Å². The van der Waals surface area contributed by atoms with Crippen molar-refractivity contribution in [1.29, 1.82) is 0 Å². The molecule has 0 saturated heterocycles. The molecule has 0 spiro atoms. The van der Waals surface area contributed by atoms with E-state index >= 15 is 0 Å². The largest absolute Gasteiger partial charge is 1.00 e. The van der Waals surface area contributed by atoms with Gasteiger partial charge >= 0.3 is 35.5 Å². The molecule has 0 bridgehead atoms. The third-order valence-electron chi connectivity index (χ3n) is 4.97. The topological polar surface area (TPSA) is 70.5 Å². The number of carboxylic acid groups (broad SMARTS) is 1. The zero-order valence-electron chi connectivity index (χ0n) is 21.1. The molecule has 0 saturated carbocycles. The normalized spacial score (nSPS) is 11.9. The average molecular weight is 539 g/mol. The van der Waals surface area contributed by atoms with Crippen molar-refractivity contribution < 1.29 is 45.7 Å². The number of amides is 1. The Morgan fingerprint density at radius 3 is 2.49 bits per heavy atom. The molecule has 3 rings (SSSR count). The van der Waals surface area contributed by atoms with E-state index < -0.39 is 5.97 Å². The van der Waals surface area contributed by atoms with Gasteiger partial charge in [0.1, 0.15) is 0 Å². The summed E-state index contributed by atoms with van der Waals surface area (Å²) in [4.78, 5) is 29.2. The zero-order chi connectivity index (χ0) is 24.5. The third-order valence-corrected chi connectivity index (χ3v) is 8.06. The zero-order valence-corrected chi connectivity index (χ0v) is 24.5. The fraction of sp³-hybridized carbons (Fsp3) is 0.269. The van der Waals surface area contributed by atoms with Crippen molar-refractivity contribution in [3.63, 3.8) is 0 Å². The number of carboxylic acids is 1. The monoisotopic (exact) mass is 538 g/mol. The van der Waals surface area contributed by atoms with Gasteiger partial charge in [-0.25, -0.2) is 4.98 Å². The second kappa shape index (κ2) is 14.9. The summed E-state index contributed by atoms with van der Waals surface area (Å²) < 4.78 is 0.0450. The van der Waals surface area contributed by atoms with Gasteiger partial charge in [-0.2, -0.15) is 0 Å². The first kappa shape index (κ1) is 29.7. The quantitative estimate of drug-likeness (QED) is 0.297. The number of carbonyl (C=O) groups excluding carboxylic acids is 1. The number of hydrogen-bond donors (Lipinski definition) is 1. The van der Waals surface area contributed by atoms with E-state index in [1.807, 2.05) is 60.7 Å². The van der Waals surface area contributed by atoms with Gasteiger partial charge in [-0.15, -0.1) is 23.5 Å². The van der Waals surface area contributed by atoms with E-state index in [9.17, 15) is 9.59 Å². The van der Waals surface area contributed by atoms with Crippen molar-refractivity contribution >= 4 is 70.1 Å². The maximum atomic E-state index is 11.9. The number of aliphatic carboxylic acids is 1. The molecule has 3 aromatic rings. The number of thioether (sulfide) groups is 2. The van der Waals surface area contributed by atoms with Gasteiger partial charge in [0.25, 0.3) is 0 Å². The van der Waals surface area contributed by atoms with Gasteiger partial charge < -0.3 is 11.4 Å². The van der Waals surface area contributed by atoms with Crippen LogP contribution in [0.5, 0.6) is 0 Å². The Balaban J connectivity index is 0.00000324. The molecule has 1 N–H and O–H groups in total. The van der Waals surface area contributed by atoms with Gasteiger partial charge in [0.15, 0.2) is 0 Å². The summed E-state index contributed by atoms with van der Waals surface area (Å²) in [6, 6.07) is 17.8. The summed E-state index contributed by atoms with van der Waals surface area (Å²) in [5.41, 5.74) is 3.81. The molecule has 5 nitrogen and oxygen atoms in total. The SMILES string of the molecule is CN(C)C(=O)CCSC(SCCC(=O)O)c1cccc(/C=C/c2ccc3ccc(Cl)cc3n2)c1.[H-].[Na+]. The number of aromatic nitrogens is 1. The van der Waals surface area contributed by atoms with Crippen LogP contribution in [-0.2, 0) is 9.59 Å². The first-order chi connectivity index (χ1) is 16.3. The van der Waals surface area contributed by atoms with E-state index in [1.54, 1.807) is 42.5 Å². The standard InChI is InChI=1S/C26H27ClN2O3S2.Na.H/c1-29(2)24(30)12-14-33-26(34-15-13-25(31)32)20-5-3-4-18(16-20)6-10-22-11-8-19-7-9-21(27)17-23(19)28-22;;/h3-11,16-17,26H,12-15H2,1-2H3,(H,31,32);;/q;+1;-1/b10-6+;;. The molecule has 1 aromatic heterocycles. The van der Waals surface area contributed by atoms with E-state index in [-0.39, 0.29) is 47.9 Å². The first-order valence-corrected chi connectivity index (χ1v) is 13.3. The minimum absolute atomic E-state index is 0. The van der Waals surface area contributed by atoms with Gasteiger partial charge in [-0.05, 0) is 41.5 Å². The van der Waals surface area contributed by atoms with Gasteiger partial charge in [-0.1, -0.05) is 48.0 Å². The van der Waals surface area contributed by atoms with Crippen LogP contribution in [0.3, 0.4) is 0 Å². The molecule has 0 radical (unpaired) electrons. The molecule has 1 amide bonds. The number of hydrogen-bond acceptors (Lipinski definition) is 5. The summed E-state index contributed by atoms with van der Waals surface area (Å²) in [6.07, 6.45) is 4.54. The Bertz CT molecular complexity index is 1200. The predicted molar refractivity (Wildman–Crippen MR) is 146 cm³/mol. The number of halogens is 1. The molecule has 35 heavy (non-hydrogen) atoms. The summed E-state index contributed by atoms with van der Waals surface area (Å²) in [5.74, 6) is 0.464. The number of nitrogens with zero attached hydrogens (tertiary/aromatic N) is 2. The fourth-order valence-electron chi connectivity index (χ4n) is 3.16. The Morgan fingerprint density at radius 2 is 1.77 bits per heavy atom. The summed E-state index contributed by atoms with van der Waals surface area (Å²) in [6.45, 7) is 0. The molecule has 1 heterocycles. The number of fused-ring (bicyclic) bond motifs is 1. The van der Waals surface area contributed by atoms with Crippen LogP contribution in [0.15, 0.2) is 54.6 Å². The Labute approximate surface area is 243 Å². The molecular formula is C26H28ClN2NaO3S2. The molecule has 0 fully saturated rings. The van der Waals surface area contributed by atoms with E-state index in [1.165, 1.54) is 0 Å². The first-order valence-electron chi connectivity index (χ1n) is 10.8. The van der Waals surface area contributed by atoms with Crippen molar-refractivity contribution in [2.45, 2.75) is 17.4 Å². The maximum Gasteiger partial charge on any atom is 1.00 e. The minimum atomic E-state index is -0.806. The van der Waals surface area contributed by atoms with E-state index in [0.29, 0.717) is 22.9 Å². The fourth-order valence-corrected chi connectivity index (χ4v) is 5.98. The summed E-state index contributed by atoms with van der Waals surface area (Å²) in [5, 5.41) is 10.7. The van der Waals surface area contributed by atoms with Gasteiger partial charge in [-0.3, -0.25) is 9.59 Å². The van der Waals surface area contributed by atoms with Crippen molar-refractivity contribution in [2.75, 3.05) is 25.6 Å². The Morgan fingerprint density at radius 1 is 1.06 bits per heavy atom. The van der Waals surface area contributed by atoms with Crippen LogP contribution >= 0.6 is 35.1 Å². The van der Waals surface area contributed by atoms with Crippen molar-refractivity contribution in [3.8, 4) is 0 Å². The van der Waals surface area contributed by atoms with Crippen LogP contribution in [-0.4, -0.2) is 52.5 Å². The smallest absolute Gasteiger partial charge is 1.00 e. The van der Waals surface area contributed by atoms with Crippen LogP contribution in [0.2, 0.25) is 5.02 Å². The molecule has 2 aromatic carbocycles. The van der Waals surface area contributed by atoms with E-state index in [0.717, 1.165) is 27.7 Å². The molecule has 1 unspecified atom stereocenters.